The van der Waals surface area contributed by atoms with Gasteiger partial charge in [-0.3, -0.25) is 9.59 Å². The molecule has 1 amide bonds. The van der Waals surface area contributed by atoms with Crippen molar-refractivity contribution in [2.45, 2.75) is 12.8 Å². The van der Waals surface area contributed by atoms with Gasteiger partial charge in [0.1, 0.15) is 5.00 Å². The molecule has 0 aliphatic heterocycles. The van der Waals surface area contributed by atoms with Gasteiger partial charge in [0.15, 0.2) is 0 Å². The molecule has 0 saturated heterocycles. The third-order valence-electron chi connectivity index (χ3n) is 4.64. The van der Waals surface area contributed by atoms with Gasteiger partial charge in [-0.2, -0.15) is 0 Å². The molecule has 1 heterocycles. The lowest BCUT2D eigenvalue weighted by Crippen LogP contribution is -2.47. The third-order valence-corrected chi connectivity index (χ3v) is 5.47. The molecule has 1 aromatic rings. The van der Waals surface area contributed by atoms with Crippen LogP contribution in [0.5, 0.6) is 0 Å². The number of hydrogen-bond donors (Lipinski definition) is 2. The first kappa shape index (κ1) is 15.7. The first-order valence-corrected chi connectivity index (χ1v) is 8.28. The number of carbonyl (C=O) groups excluding carboxylic acids is 2. The van der Waals surface area contributed by atoms with Crippen LogP contribution in [0, 0.1) is 23.7 Å². The van der Waals surface area contributed by atoms with E-state index in [-0.39, 0.29) is 23.3 Å². The topological polar surface area (TPSA) is 92.7 Å². The average molecular weight is 335 g/mol. The molecular weight excluding hydrogens is 318 g/mol. The van der Waals surface area contributed by atoms with Gasteiger partial charge in [-0.15, -0.1) is 11.3 Å². The minimum absolute atomic E-state index is 0.0670. The van der Waals surface area contributed by atoms with Crippen molar-refractivity contribution in [2.24, 2.45) is 23.7 Å². The van der Waals surface area contributed by atoms with Crippen LogP contribution in [0.15, 0.2) is 23.6 Å². The van der Waals surface area contributed by atoms with Crippen molar-refractivity contribution in [3.05, 3.63) is 29.2 Å². The summed E-state index contributed by atoms with van der Waals surface area (Å²) in [6, 6.07) is 1.58. The van der Waals surface area contributed by atoms with Gasteiger partial charge in [-0.1, -0.05) is 12.2 Å². The number of rotatable bonds is 4. The minimum Gasteiger partial charge on any atom is -0.481 e. The van der Waals surface area contributed by atoms with E-state index in [4.69, 9.17) is 0 Å². The van der Waals surface area contributed by atoms with Crippen molar-refractivity contribution >= 4 is 34.2 Å². The summed E-state index contributed by atoms with van der Waals surface area (Å²) in [6.07, 6.45) is 5.49. The van der Waals surface area contributed by atoms with E-state index in [1.165, 1.54) is 18.4 Å². The maximum absolute atomic E-state index is 12.7. The predicted octanol–water partition coefficient (Wildman–Crippen LogP) is 2.39. The van der Waals surface area contributed by atoms with E-state index in [9.17, 15) is 19.5 Å². The number of carbonyl (C=O) groups is 3. The highest BCUT2D eigenvalue weighted by Gasteiger charge is 2.48. The second-order valence-electron chi connectivity index (χ2n) is 5.82. The van der Waals surface area contributed by atoms with Gasteiger partial charge in [0.05, 0.1) is 24.5 Å². The molecule has 7 heteroatoms. The van der Waals surface area contributed by atoms with Crippen LogP contribution in [0.25, 0.3) is 0 Å². The monoisotopic (exact) mass is 335 g/mol. The molecule has 4 atom stereocenters. The largest absolute Gasteiger partial charge is 0.481 e. The molecule has 1 fully saturated rings. The van der Waals surface area contributed by atoms with Gasteiger partial charge in [0.2, 0.25) is 5.91 Å². The number of carboxylic acids is 1. The number of amides is 1. The van der Waals surface area contributed by atoms with Gasteiger partial charge in [0.25, 0.3) is 0 Å². The standard InChI is InChI=1S/C16H17NO5S/c1-22-16(21)10-6-7-23-14(10)17-13(18)11-8-2-4-9(5-3-8)12(11)15(19)20/h2,4,6-9,11-12H,3,5H2,1H3,(H,17,18)(H,19,20)/t8-,9-,11-,12+/m0/s1. The molecule has 23 heavy (non-hydrogen) atoms. The number of methoxy groups -OCH3 is 1. The van der Waals surface area contributed by atoms with Crippen LogP contribution >= 0.6 is 11.3 Å². The second kappa shape index (κ2) is 6.16. The Kier molecular flexibility index (Phi) is 4.21. The summed E-state index contributed by atoms with van der Waals surface area (Å²) in [5.41, 5.74) is 0.286. The number of esters is 1. The number of hydrogen-bond acceptors (Lipinski definition) is 5. The molecule has 4 rings (SSSR count). The molecule has 0 unspecified atom stereocenters. The Morgan fingerprint density at radius 2 is 1.87 bits per heavy atom. The number of anilines is 1. The van der Waals surface area contributed by atoms with Crippen molar-refractivity contribution in [3.63, 3.8) is 0 Å². The van der Waals surface area contributed by atoms with E-state index in [0.29, 0.717) is 5.00 Å². The lowest BCUT2D eigenvalue weighted by atomic mass is 9.62. The van der Waals surface area contributed by atoms with Gasteiger partial charge in [0, 0.05) is 0 Å². The van der Waals surface area contributed by atoms with E-state index in [1.807, 2.05) is 12.2 Å². The zero-order chi connectivity index (χ0) is 16.6. The second-order valence-corrected chi connectivity index (χ2v) is 6.74. The number of aliphatic carboxylic acids is 1. The van der Waals surface area contributed by atoms with E-state index >= 15 is 0 Å². The molecule has 0 spiro atoms. The van der Waals surface area contributed by atoms with Crippen molar-refractivity contribution in [1.29, 1.82) is 0 Å². The summed E-state index contributed by atoms with van der Waals surface area (Å²) in [5, 5.41) is 14.3. The van der Waals surface area contributed by atoms with Crippen LogP contribution in [0.4, 0.5) is 5.00 Å². The Labute approximate surface area is 137 Å². The van der Waals surface area contributed by atoms with Crippen LogP contribution in [-0.2, 0) is 14.3 Å². The van der Waals surface area contributed by atoms with Gasteiger partial charge < -0.3 is 15.2 Å². The maximum atomic E-state index is 12.7. The summed E-state index contributed by atoms with van der Waals surface area (Å²) in [6.45, 7) is 0. The Morgan fingerprint density at radius 1 is 1.22 bits per heavy atom. The number of ether oxygens (including phenoxy) is 1. The Hall–Kier alpha value is -2.15. The molecule has 2 N–H and O–H groups in total. The van der Waals surface area contributed by atoms with Crippen LogP contribution in [0.1, 0.15) is 23.2 Å². The lowest BCUT2D eigenvalue weighted by Gasteiger charge is -2.41. The molecular formula is C16H17NO5S. The number of nitrogens with one attached hydrogen (secondary N) is 1. The lowest BCUT2D eigenvalue weighted by molar-refractivity contribution is -0.151. The predicted molar refractivity (Wildman–Crippen MR) is 84.3 cm³/mol. The van der Waals surface area contributed by atoms with Crippen LogP contribution in [0.2, 0.25) is 0 Å². The van der Waals surface area contributed by atoms with E-state index in [2.05, 4.69) is 10.1 Å². The van der Waals surface area contributed by atoms with E-state index in [1.54, 1.807) is 11.4 Å². The number of allylic oxidation sites excluding steroid dienone is 2. The SMILES string of the molecule is COC(=O)c1ccsc1NC(=O)[C@@H]1[C@H](C(=O)O)[C@H]2C=C[C@H]1CC2. The fourth-order valence-corrected chi connectivity index (χ4v) is 4.34. The first-order valence-electron chi connectivity index (χ1n) is 7.40. The third kappa shape index (κ3) is 2.76. The van der Waals surface area contributed by atoms with Crippen LogP contribution < -0.4 is 5.32 Å². The summed E-state index contributed by atoms with van der Waals surface area (Å²) < 4.78 is 4.68. The molecule has 1 saturated carbocycles. The molecule has 6 nitrogen and oxygen atoms in total. The number of thiophene rings is 1. The Morgan fingerprint density at radius 3 is 2.43 bits per heavy atom. The highest BCUT2D eigenvalue weighted by molar-refractivity contribution is 7.14. The Bertz CT molecular complexity index is 680. The number of carboxylic acid groups (broad SMARTS) is 1. The highest BCUT2D eigenvalue weighted by atomic mass is 32.1. The zero-order valence-corrected chi connectivity index (χ0v) is 13.3. The molecule has 3 aliphatic carbocycles. The smallest absolute Gasteiger partial charge is 0.340 e. The van der Waals surface area contributed by atoms with Gasteiger partial charge in [-0.05, 0) is 36.1 Å². The van der Waals surface area contributed by atoms with Gasteiger partial charge in [-0.25, -0.2) is 4.79 Å². The van der Waals surface area contributed by atoms with Gasteiger partial charge >= 0.3 is 11.9 Å². The minimum atomic E-state index is -0.941. The summed E-state index contributed by atoms with van der Waals surface area (Å²) in [4.78, 5) is 36.0. The van der Waals surface area contributed by atoms with Crippen LogP contribution in [-0.4, -0.2) is 30.1 Å². The molecule has 0 radical (unpaired) electrons. The van der Waals surface area contributed by atoms with E-state index in [0.717, 1.165) is 12.8 Å². The molecule has 2 bridgehead atoms. The fourth-order valence-electron chi connectivity index (χ4n) is 3.56. The van der Waals surface area contributed by atoms with Crippen molar-refractivity contribution in [1.82, 2.24) is 0 Å². The number of fused-ring (bicyclic) bond motifs is 2. The fraction of sp³-hybridized carbons (Fsp3) is 0.438. The first-order chi connectivity index (χ1) is 11.0. The normalized spacial score (nSPS) is 28.4. The van der Waals surface area contributed by atoms with Crippen molar-refractivity contribution in [3.8, 4) is 0 Å². The van der Waals surface area contributed by atoms with E-state index < -0.39 is 23.8 Å². The average Bonchev–Trinajstić information content (AvgIpc) is 3.02. The van der Waals surface area contributed by atoms with Crippen molar-refractivity contribution in [2.75, 3.05) is 12.4 Å². The molecule has 122 valence electrons. The van der Waals surface area contributed by atoms with Crippen molar-refractivity contribution < 1.29 is 24.2 Å². The summed E-state index contributed by atoms with van der Waals surface area (Å²) >= 11 is 1.22. The summed E-state index contributed by atoms with van der Waals surface area (Å²) in [7, 11) is 1.27. The maximum Gasteiger partial charge on any atom is 0.340 e. The molecule has 3 aliphatic rings. The van der Waals surface area contributed by atoms with Crippen LogP contribution in [0.3, 0.4) is 0 Å². The Balaban J connectivity index is 1.83. The molecule has 1 aromatic heterocycles. The molecule has 0 aromatic carbocycles. The summed E-state index contributed by atoms with van der Waals surface area (Å²) in [5.74, 6) is -3.29. The zero-order valence-electron chi connectivity index (χ0n) is 12.5. The highest BCUT2D eigenvalue weighted by Crippen LogP contribution is 2.45. The quantitative estimate of drug-likeness (QED) is 0.651.